The highest BCUT2D eigenvalue weighted by atomic mass is 16.6. The molecule has 0 aromatic rings. The van der Waals surface area contributed by atoms with E-state index in [1.54, 1.807) is 0 Å². The van der Waals surface area contributed by atoms with Crippen LogP contribution in [0.5, 0.6) is 0 Å². The molecule has 0 aromatic carbocycles. The van der Waals surface area contributed by atoms with Crippen molar-refractivity contribution in [2.24, 2.45) is 0 Å². The van der Waals surface area contributed by atoms with Crippen molar-refractivity contribution in [3.63, 3.8) is 0 Å². The minimum atomic E-state index is -1.62. The van der Waals surface area contributed by atoms with Crippen LogP contribution in [0.25, 0.3) is 0 Å². The van der Waals surface area contributed by atoms with Crippen LogP contribution in [0.2, 0.25) is 0 Å². The molecule has 0 aromatic heterocycles. The Morgan fingerprint density at radius 2 is 0.913 bits per heavy atom. The Kier molecular flexibility index (Phi) is 6.27. The molecule has 0 saturated carbocycles. The van der Waals surface area contributed by atoms with Gasteiger partial charge in [-0.1, -0.05) is 0 Å². The molecule has 9 N–H and O–H groups in total. The van der Waals surface area contributed by atoms with E-state index in [9.17, 15) is 30.6 Å². The fourth-order valence-corrected chi connectivity index (χ4v) is 2.64. The maximum atomic E-state index is 9.90. The van der Waals surface area contributed by atoms with E-state index in [-0.39, 0.29) is 0 Å². The van der Waals surface area contributed by atoms with Gasteiger partial charge in [-0.25, -0.2) is 0 Å². The van der Waals surface area contributed by atoms with Crippen molar-refractivity contribution < 1.29 is 50.3 Å². The minimum absolute atomic E-state index is 0.627. The molecule has 11 heteroatoms. The molecule has 2 fully saturated rings. The van der Waals surface area contributed by atoms with E-state index in [1.807, 2.05) is 0 Å². The fraction of sp³-hybridized carbons (Fsp3) is 1.00. The van der Waals surface area contributed by atoms with Crippen LogP contribution >= 0.6 is 0 Å². The summed E-state index contributed by atoms with van der Waals surface area (Å²) in [7, 11) is 0. The minimum Gasteiger partial charge on any atom is -0.394 e. The molecule has 0 spiro atoms. The molecule has 2 rings (SSSR count). The number of ether oxygens (including phenoxy) is 2. The van der Waals surface area contributed by atoms with Gasteiger partial charge in [0.2, 0.25) is 0 Å². The number of hydrogen-bond acceptors (Lipinski definition) is 11. The van der Waals surface area contributed by atoms with Crippen molar-refractivity contribution in [1.29, 1.82) is 0 Å². The lowest BCUT2D eigenvalue weighted by atomic mass is 9.96. The van der Waals surface area contributed by atoms with E-state index in [2.05, 4.69) is 5.32 Å². The number of aliphatic hydroxyl groups is 8. The van der Waals surface area contributed by atoms with Gasteiger partial charge in [-0.15, -0.1) is 0 Å². The van der Waals surface area contributed by atoms with Crippen LogP contribution < -0.4 is 5.32 Å². The molecule has 2 aliphatic heterocycles. The lowest BCUT2D eigenvalue weighted by Gasteiger charge is -2.45. The van der Waals surface area contributed by atoms with Crippen LogP contribution in [0.4, 0.5) is 0 Å². The Morgan fingerprint density at radius 1 is 0.565 bits per heavy atom. The summed E-state index contributed by atoms with van der Waals surface area (Å²) < 4.78 is 10.4. The number of hydrogen-bond donors (Lipinski definition) is 9. The van der Waals surface area contributed by atoms with Crippen molar-refractivity contribution in [3.8, 4) is 0 Å². The van der Waals surface area contributed by atoms with Gasteiger partial charge < -0.3 is 50.3 Å². The summed E-state index contributed by atoms with van der Waals surface area (Å²) in [6, 6.07) is 0. The summed E-state index contributed by atoms with van der Waals surface area (Å²) in [4.78, 5) is 0. The Morgan fingerprint density at radius 3 is 1.22 bits per heavy atom. The largest absolute Gasteiger partial charge is 0.394 e. The van der Waals surface area contributed by atoms with Gasteiger partial charge in [-0.3, -0.25) is 5.32 Å². The molecule has 2 heterocycles. The van der Waals surface area contributed by atoms with E-state index in [1.165, 1.54) is 0 Å². The molecule has 0 aliphatic carbocycles. The molecule has 11 nitrogen and oxygen atoms in total. The average molecular weight is 341 g/mol. The lowest BCUT2D eigenvalue weighted by molar-refractivity contribution is -0.274. The molecule has 0 unspecified atom stereocenters. The zero-order valence-electron chi connectivity index (χ0n) is 12.1. The summed E-state index contributed by atoms with van der Waals surface area (Å²) in [6.45, 7) is -1.25. The molecule has 23 heavy (non-hydrogen) atoms. The first-order valence-corrected chi connectivity index (χ1v) is 7.18. The smallest absolute Gasteiger partial charge is 0.139 e. The van der Waals surface area contributed by atoms with Gasteiger partial charge >= 0.3 is 0 Å². The molecule has 136 valence electrons. The molecule has 2 saturated heterocycles. The number of aliphatic hydroxyl groups excluding tert-OH is 8. The highest BCUT2D eigenvalue weighted by molar-refractivity contribution is 4.95. The van der Waals surface area contributed by atoms with Gasteiger partial charge in [0.25, 0.3) is 0 Å². The SMILES string of the molecule is OC[C@H]1O[C@@H](N[C@@H]2O[C@H](CO)[C@@H](O)[C@H](O)[C@H]2O)[C@H](O)[C@@H](O)[C@@H]1O. The molecule has 0 bridgehead atoms. The highest BCUT2D eigenvalue weighted by Crippen LogP contribution is 2.24. The Labute approximate surface area is 131 Å². The van der Waals surface area contributed by atoms with Gasteiger partial charge in [0.15, 0.2) is 0 Å². The third-order valence-corrected chi connectivity index (χ3v) is 4.11. The molecule has 2 aliphatic rings. The summed E-state index contributed by atoms with van der Waals surface area (Å²) in [5.41, 5.74) is 0. The summed E-state index contributed by atoms with van der Waals surface area (Å²) in [5.74, 6) is 0. The molecular formula is C12H23NO10. The van der Waals surface area contributed by atoms with Crippen LogP contribution in [0.3, 0.4) is 0 Å². The monoisotopic (exact) mass is 341 g/mol. The average Bonchev–Trinajstić information content (AvgIpc) is 2.55. The van der Waals surface area contributed by atoms with Crippen LogP contribution in [-0.4, -0.2) is 115 Å². The molecule has 0 radical (unpaired) electrons. The van der Waals surface area contributed by atoms with Crippen LogP contribution in [0.15, 0.2) is 0 Å². The quantitative estimate of drug-likeness (QED) is 0.236. The second kappa shape index (κ2) is 7.63. The van der Waals surface area contributed by atoms with E-state index in [0.29, 0.717) is 0 Å². The van der Waals surface area contributed by atoms with Gasteiger partial charge in [0, 0.05) is 0 Å². The zero-order valence-corrected chi connectivity index (χ0v) is 12.1. The normalized spacial score (nSPS) is 51.7. The van der Waals surface area contributed by atoms with Gasteiger partial charge in [-0.2, -0.15) is 0 Å². The Bertz CT molecular complexity index is 349. The number of rotatable bonds is 4. The van der Waals surface area contributed by atoms with Crippen LogP contribution in [-0.2, 0) is 9.47 Å². The maximum Gasteiger partial charge on any atom is 0.139 e. The lowest BCUT2D eigenvalue weighted by Crippen LogP contribution is -2.68. The third-order valence-electron chi connectivity index (χ3n) is 4.11. The van der Waals surface area contributed by atoms with Crippen molar-refractivity contribution in [3.05, 3.63) is 0 Å². The first-order chi connectivity index (χ1) is 10.8. The van der Waals surface area contributed by atoms with E-state index < -0.39 is 74.5 Å². The van der Waals surface area contributed by atoms with Crippen LogP contribution in [0, 0.1) is 0 Å². The topological polar surface area (TPSA) is 192 Å². The summed E-state index contributed by atoms with van der Waals surface area (Å²) in [5, 5.41) is 79.2. The first kappa shape index (κ1) is 18.9. The van der Waals surface area contributed by atoms with Gasteiger partial charge in [0.1, 0.15) is 61.3 Å². The third kappa shape index (κ3) is 3.65. The zero-order chi connectivity index (χ0) is 17.3. The van der Waals surface area contributed by atoms with Crippen molar-refractivity contribution in [1.82, 2.24) is 5.32 Å². The Hall–Kier alpha value is -0.440. The highest BCUT2D eigenvalue weighted by Gasteiger charge is 2.48. The number of nitrogens with one attached hydrogen (secondary N) is 1. The first-order valence-electron chi connectivity index (χ1n) is 7.18. The maximum absolute atomic E-state index is 9.90. The van der Waals surface area contributed by atoms with Crippen molar-refractivity contribution in [2.75, 3.05) is 13.2 Å². The van der Waals surface area contributed by atoms with E-state index in [4.69, 9.17) is 19.7 Å². The van der Waals surface area contributed by atoms with Gasteiger partial charge in [0.05, 0.1) is 13.2 Å². The molecule has 0 amide bonds. The van der Waals surface area contributed by atoms with Crippen molar-refractivity contribution in [2.45, 2.75) is 61.3 Å². The Balaban J connectivity index is 2.07. The second-order valence-electron chi connectivity index (χ2n) is 5.67. The van der Waals surface area contributed by atoms with Crippen molar-refractivity contribution >= 4 is 0 Å². The predicted octanol–water partition coefficient (Wildman–Crippen LogP) is -5.82. The van der Waals surface area contributed by atoms with E-state index >= 15 is 0 Å². The second-order valence-corrected chi connectivity index (χ2v) is 5.67. The molecular weight excluding hydrogens is 318 g/mol. The standard InChI is InChI=1S/C12H23NO10/c14-1-3-5(16)7(18)9(20)11(22-3)13-12-10(21)8(19)6(17)4(2-15)23-12/h3-21H,1-2H2/t3-,4-,5-,6-,7+,8+,9-,10-,11-,12-/m1/s1. The summed E-state index contributed by atoms with van der Waals surface area (Å²) in [6.07, 6.45) is -14.5. The molecule has 10 atom stereocenters. The summed E-state index contributed by atoms with van der Waals surface area (Å²) >= 11 is 0. The van der Waals surface area contributed by atoms with E-state index in [0.717, 1.165) is 0 Å². The van der Waals surface area contributed by atoms with Crippen LogP contribution in [0.1, 0.15) is 0 Å². The van der Waals surface area contributed by atoms with Gasteiger partial charge in [-0.05, 0) is 0 Å². The predicted molar refractivity (Wildman–Crippen MR) is 70.7 cm³/mol. The fourth-order valence-electron chi connectivity index (χ4n) is 2.64.